The van der Waals surface area contributed by atoms with Gasteiger partial charge in [0.05, 0.1) is 0 Å². The van der Waals surface area contributed by atoms with E-state index in [2.05, 4.69) is 47.4 Å². The minimum absolute atomic E-state index is 0.211. The van der Waals surface area contributed by atoms with Crippen LogP contribution in [0.3, 0.4) is 0 Å². The quantitative estimate of drug-likeness (QED) is 0.947. The topological polar surface area (TPSA) is 47.7 Å². The molecule has 0 spiro atoms. The SMILES string of the molecule is NC1CC(Cc2ccccc2)CN(c2ccc3c(c2)OCO3)C1. The van der Waals surface area contributed by atoms with Crippen LogP contribution < -0.4 is 20.1 Å². The zero-order valence-electron chi connectivity index (χ0n) is 13.2. The summed E-state index contributed by atoms with van der Waals surface area (Å²) in [5, 5.41) is 0. The first-order valence-electron chi connectivity index (χ1n) is 8.22. The zero-order valence-corrected chi connectivity index (χ0v) is 13.2. The van der Waals surface area contributed by atoms with E-state index in [4.69, 9.17) is 15.2 Å². The molecule has 2 atom stereocenters. The molecule has 2 aliphatic heterocycles. The predicted octanol–water partition coefficient (Wildman–Crippen LogP) is 2.81. The average Bonchev–Trinajstić information content (AvgIpc) is 3.03. The van der Waals surface area contributed by atoms with Gasteiger partial charge in [-0.3, -0.25) is 0 Å². The molecule has 0 saturated carbocycles. The molecule has 120 valence electrons. The molecule has 0 aliphatic carbocycles. The highest BCUT2D eigenvalue weighted by Crippen LogP contribution is 2.36. The number of hydrogen-bond acceptors (Lipinski definition) is 4. The van der Waals surface area contributed by atoms with Crippen molar-refractivity contribution in [2.24, 2.45) is 11.7 Å². The highest BCUT2D eigenvalue weighted by molar-refractivity contribution is 5.57. The molecule has 0 radical (unpaired) electrons. The van der Waals surface area contributed by atoms with E-state index in [1.54, 1.807) is 0 Å². The van der Waals surface area contributed by atoms with Gasteiger partial charge in [0.1, 0.15) is 0 Å². The number of benzene rings is 2. The van der Waals surface area contributed by atoms with E-state index in [9.17, 15) is 0 Å². The summed E-state index contributed by atoms with van der Waals surface area (Å²) in [6.07, 6.45) is 2.16. The number of hydrogen-bond donors (Lipinski definition) is 1. The second-order valence-corrected chi connectivity index (χ2v) is 6.49. The van der Waals surface area contributed by atoms with Crippen molar-refractivity contribution in [1.29, 1.82) is 0 Å². The number of piperidine rings is 1. The fraction of sp³-hybridized carbons (Fsp3) is 0.368. The Hall–Kier alpha value is -2.20. The number of fused-ring (bicyclic) bond motifs is 1. The van der Waals surface area contributed by atoms with Gasteiger partial charge in [0.15, 0.2) is 11.5 Å². The Morgan fingerprint density at radius 2 is 1.83 bits per heavy atom. The molecule has 2 aromatic carbocycles. The third-order valence-electron chi connectivity index (χ3n) is 4.66. The molecule has 2 aliphatic rings. The molecular formula is C19H22N2O2. The van der Waals surface area contributed by atoms with Crippen LogP contribution in [-0.4, -0.2) is 25.9 Å². The highest BCUT2D eigenvalue weighted by atomic mass is 16.7. The number of rotatable bonds is 3. The van der Waals surface area contributed by atoms with Crippen LogP contribution in [0.4, 0.5) is 5.69 Å². The van der Waals surface area contributed by atoms with Crippen molar-refractivity contribution in [2.75, 3.05) is 24.8 Å². The summed E-state index contributed by atoms with van der Waals surface area (Å²) in [6, 6.07) is 17.0. The highest BCUT2D eigenvalue weighted by Gasteiger charge is 2.26. The van der Waals surface area contributed by atoms with Crippen LogP contribution in [-0.2, 0) is 6.42 Å². The molecule has 2 unspecified atom stereocenters. The first-order chi connectivity index (χ1) is 11.3. The van der Waals surface area contributed by atoms with Crippen molar-refractivity contribution < 1.29 is 9.47 Å². The summed E-state index contributed by atoms with van der Waals surface area (Å²) < 4.78 is 10.9. The smallest absolute Gasteiger partial charge is 0.231 e. The zero-order chi connectivity index (χ0) is 15.6. The lowest BCUT2D eigenvalue weighted by atomic mass is 9.89. The maximum absolute atomic E-state index is 6.32. The Morgan fingerprint density at radius 1 is 1.00 bits per heavy atom. The van der Waals surface area contributed by atoms with E-state index in [-0.39, 0.29) is 6.04 Å². The Labute approximate surface area is 136 Å². The molecule has 2 heterocycles. The van der Waals surface area contributed by atoms with Crippen molar-refractivity contribution in [3.8, 4) is 11.5 Å². The number of anilines is 1. The molecule has 4 nitrogen and oxygen atoms in total. The van der Waals surface area contributed by atoms with Gasteiger partial charge in [-0.15, -0.1) is 0 Å². The standard InChI is InChI=1S/C19H22N2O2/c20-16-9-15(8-14-4-2-1-3-5-14)11-21(12-16)17-6-7-18-19(10-17)23-13-22-18/h1-7,10,15-16H,8-9,11-13,20H2. The summed E-state index contributed by atoms with van der Waals surface area (Å²) in [7, 11) is 0. The molecule has 0 aromatic heterocycles. The molecular weight excluding hydrogens is 288 g/mol. The van der Waals surface area contributed by atoms with Crippen LogP contribution in [0.5, 0.6) is 11.5 Å². The monoisotopic (exact) mass is 310 g/mol. The minimum Gasteiger partial charge on any atom is -0.454 e. The van der Waals surface area contributed by atoms with Crippen LogP contribution >= 0.6 is 0 Å². The van der Waals surface area contributed by atoms with Gasteiger partial charge in [-0.2, -0.15) is 0 Å². The van der Waals surface area contributed by atoms with Gasteiger partial charge < -0.3 is 20.1 Å². The van der Waals surface area contributed by atoms with Crippen LogP contribution in [0.15, 0.2) is 48.5 Å². The Bertz CT molecular complexity index is 674. The molecule has 1 saturated heterocycles. The van der Waals surface area contributed by atoms with Crippen molar-refractivity contribution >= 4 is 5.69 Å². The Morgan fingerprint density at radius 3 is 2.70 bits per heavy atom. The second-order valence-electron chi connectivity index (χ2n) is 6.49. The summed E-state index contributed by atoms with van der Waals surface area (Å²) in [4.78, 5) is 2.38. The van der Waals surface area contributed by atoms with Crippen molar-refractivity contribution in [3.63, 3.8) is 0 Å². The van der Waals surface area contributed by atoms with E-state index in [0.29, 0.717) is 12.7 Å². The molecule has 2 aromatic rings. The van der Waals surface area contributed by atoms with E-state index in [1.807, 2.05) is 6.07 Å². The summed E-state index contributed by atoms with van der Waals surface area (Å²) in [5.74, 6) is 2.24. The third-order valence-corrected chi connectivity index (χ3v) is 4.66. The molecule has 1 fully saturated rings. The lowest BCUT2D eigenvalue weighted by Gasteiger charge is -2.38. The summed E-state index contributed by atoms with van der Waals surface area (Å²) >= 11 is 0. The van der Waals surface area contributed by atoms with E-state index < -0.39 is 0 Å². The Kier molecular flexibility index (Phi) is 3.83. The van der Waals surface area contributed by atoms with E-state index in [0.717, 1.165) is 37.4 Å². The molecule has 0 amide bonds. The predicted molar refractivity (Wildman–Crippen MR) is 91.0 cm³/mol. The van der Waals surface area contributed by atoms with Crippen LogP contribution in [0.25, 0.3) is 0 Å². The largest absolute Gasteiger partial charge is 0.454 e. The van der Waals surface area contributed by atoms with Gasteiger partial charge in [0.2, 0.25) is 6.79 Å². The molecule has 4 rings (SSSR count). The summed E-state index contributed by atoms with van der Waals surface area (Å²) in [6.45, 7) is 2.24. The number of nitrogens with two attached hydrogens (primary N) is 1. The second kappa shape index (κ2) is 6.13. The first-order valence-corrected chi connectivity index (χ1v) is 8.22. The van der Waals surface area contributed by atoms with Gasteiger partial charge in [-0.25, -0.2) is 0 Å². The van der Waals surface area contributed by atoms with Gasteiger partial charge in [-0.05, 0) is 36.5 Å². The van der Waals surface area contributed by atoms with Gasteiger partial charge in [-0.1, -0.05) is 30.3 Å². The van der Waals surface area contributed by atoms with Gasteiger partial charge >= 0.3 is 0 Å². The summed E-state index contributed by atoms with van der Waals surface area (Å²) in [5.41, 5.74) is 8.88. The van der Waals surface area contributed by atoms with Crippen molar-refractivity contribution in [2.45, 2.75) is 18.9 Å². The molecule has 23 heavy (non-hydrogen) atoms. The lowest BCUT2D eigenvalue weighted by Crippen LogP contribution is -2.47. The molecule has 4 heteroatoms. The Balaban J connectivity index is 1.50. The van der Waals surface area contributed by atoms with E-state index in [1.165, 1.54) is 11.3 Å². The maximum Gasteiger partial charge on any atom is 0.231 e. The molecule has 2 N–H and O–H groups in total. The first kappa shape index (κ1) is 14.4. The van der Waals surface area contributed by atoms with Gasteiger partial charge in [0, 0.05) is 30.9 Å². The third kappa shape index (κ3) is 3.13. The lowest BCUT2D eigenvalue weighted by molar-refractivity contribution is 0.174. The van der Waals surface area contributed by atoms with Crippen molar-refractivity contribution in [3.05, 3.63) is 54.1 Å². The average molecular weight is 310 g/mol. The van der Waals surface area contributed by atoms with Crippen LogP contribution in [0, 0.1) is 5.92 Å². The van der Waals surface area contributed by atoms with Crippen molar-refractivity contribution in [1.82, 2.24) is 0 Å². The number of nitrogens with zero attached hydrogens (tertiary/aromatic N) is 1. The van der Waals surface area contributed by atoms with Crippen LogP contribution in [0.1, 0.15) is 12.0 Å². The maximum atomic E-state index is 6.32. The van der Waals surface area contributed by atoms with Gasteiger partial charge in [0.25, 0.3) is 0 Å². The van der Waals surface area contributed by atoms with Crippen LogP contribution in [0.2, 0.25) is 0 Å². The fourth-order valence-electron chi connectivity index (χ4n) is 3.63. The number of ether oxygens (including phenoxy) is 2. The minimum atomic E-state index is 0.211. The van der Waals surface area contributed by atoms with E-state index >= 15 is 0 Å². The molecule has 0 bridgehead atoms. The fourth-order valence-corrected chi connectivity index (χ4v) is 3.63. The normalized spacial score (nSPS) is 23.1.